The van der Waals surface area contributed by atoms with Crippen molar-refractivity contribution in [1.82, 2.24) is 4.72 Å². The molecule has 1 aromatic rings. The molecular formula is C15H23ClN2O5S. The number of halogens is 1. The van der Waals surface area contributed by atoms with E-state index in [1.807, 2.05) is 0 Å². The summed E-state index contributed by atoms with van der Waals surface area (Å²) in [5.41, 5.74) is 5.76. The first-order valence-corrected chi connectivity index (χ1v) is 8.90. The average Bonchev–Trinajstić information content (AvgIpc) is 2.99. The van der Waals surface area contributed by atoms with Crippen molar-refractivity contribution in [2.24, 2.45) is 11.7 Å². The summed E-state index contributed by atoms with van der Waals surface area (Å²) in [6.07, 6.45) is 2.63. The fourth-order valence-corrected chi connectivity index (χ4v) is 4.23. The third-order valence-corrected chi connectivity index (χ3v) is 5.64. The molecule has 1 saturated carbocycles. The summed E-state index contributed by atoms with van der Waals surface area (Å²) < 4.78 is 37.6. The normalized spacial score (nSPS) is 20.3. The Labute approximate surface area is 148 Å². The summed E-state index contributed by atoms with van der Waals surface area (Å²) >= 11 is 0. The highest BCUT2D eigenvalue weighted by molar-refractivity contribution is 7.89. The van der Waals surface area contributed by atoms with Crippen molar-refractivity contribution in [2.75, 3.05) is 20.8 Å². The number of rotatable bonds is 6. The van der Waals surface area contributed by atoms with E-state index >= 15 is 0 Å². The van der Waals surface area contributed by atoms with E-state index in [4.69, 9.17) is 10.5 Å². The first-order chi connectivity index (χ1) is 10.9. The second-order valence-electron chi connectivity index (χ2n) is 5.51. The maximum absolute atomic E-state index is 12.6. The van der Waals surface area contributed by atoms with Crippen LogP contribution in [0.3, 0.4) is 0 Å². The van der Waals surface area contributed by atoms with Crippen LogP contribution < -0.4 is 15.2 Å². The Balaban J connectivity index is 0.00000288. The molecule has 9 heteroatoms. The SMILES string of the molecule is COC(=O)c1cc(S(=O)(=O)NC2CCCC2CN)ccc1OC.Cl. The average molecular weight is 379 g/mol. The lowest BCUT2D eigenvalue weighted by Crippen LogP contribution is -2.39. The van der Waals surface area contributed by atoms with Crippen molar-refractivity contribution in [2.45, 2.75) is 30.2 Å². The maximum atomic E-state index is 12.6. The quantitative estimate of drug-likeness (QED) is 0.722. The largest absolute Gasteiger partial charge is 0.496 e. The van der Waals surface area contributed by atoms with Crippen LogP contribution >= 0.6 is 12.4 Å². The van der Waals surface area contributed by atoms with Gasteiger partial charge in [-0.2, -0.15) is 0 Å². The van der Waals surface area contributed by atoms with Crippen LogP contribution in [-0.2, 0) is 14.8 Å². The number of benzene rings is 1. The predicted octanol–water partition coefficient (Wildman–Crippen LogP) is 1.31. The summed E-state index contributed by atoms with van der Waals surface area (Å²) in [6.45, 7) is 0.448. The van der Waals surface area contributed by atoms with Gasteiger partial charge in [0.1, 0.15) is 11.3 Å². The molecule has 0 aromatic heterocycles. The summed E-state index contributed by atoms with van der Waals surface area (Å²) in [4.78, 5) is 11.8. The minimum Gasteiger partial charge on any atom is -0.496 e. The lowest BCUT2D eigenvalue weighted by molar-refractivity contribution is 0.0597. The minimum atomic E-state index is -3.74. The molecule has 2 atom stereocenters. The van der Waals surface area contributed by atoms with Gasteiger partial charge in [0.05, 0.1) is 19.1 Å². The van der Waals surface area contributed by atoms with Crippen molar-refractivity contribution < 1.29 is 22.7 Å². The lowest BCUT2D eigenvalue weighted by Gasteiger charge is -2.19. The van der Waals surface area contributed by atoms with Gasteiger partial charge < -0.3 is 15.2 Å². The number of carbonyl (C=O) groups is 1. The molecule has 0 radical (unpaired) electrons. The van der Waals surface area contributed by atoms with Crippen LogP contribution in [-0.4, -0.2) is 41.2 Å². The van der Waals surface area contributed by atoms with E-state index in [2.05, 4.69) is 9.46 Å². The Morgan fingerprint density at radius 3 is 2.62 bits per heavy atom. The van der Waals surface area contributed by atoms with Crippen LogP contribution in [0.5, 0.6) is 5.75 Å². The van der Waals surface area contributed by atoms with Crippen LogP contribution in [0.25, 0.3) is 0 Å². The number of hydrogen-bond donors (Lipinski definition) is 2. The van der Waals surface area contributed by atoms with Crippen molar-refractivity contribution >= 4 is 28.4 Å². The standard InChI is InChI=1S/C15H22N2O5S.ClH/c1-21-14-7-6-11(8-12(14)15(18)22-2)23(19,20)17-13-5-3-4-10(13)9-16;/h6-8,10,13,17H,3-5,9,16H2,1-2H3;1H. The van der Waals surface area contributed by atoms with Crippen molar-refractivity contribution in [1.29, 1.82) is 0 Å². The monoisotopic (exact) mass is 378 g/mol. The molecule has 0 amide bonds. The molecular weight excluding hydrogens is 356 g/mol. The van der Waals surface area contributed by atoms with Gasteiger partial charge in [-0.25, -0.2) is 17.9 Å². The Morgan fingerprint density at radius 2 is 2.04 bits per heavy atom. The Morgan fingerprint density at radius 1 is 1.33 bits per heavy atom. The molecule has 2 rings (SSSR count). The van der Waals surface area contributed by atoms with Crippen LogP contribution in [0.4, 0.5) is 0 Å². The summed E-state index contributed by atoms with van der Waals surface area (Å²) in [7, 11) is -1.12. The zero-order valence-corrected chi connectivity index (χ0v) is 15.3. The van der Waals surface area contributed by atoms with Crippen molar-refractivity contribution in [3.63, 3.8) is 0 Å². The van der Waals surface area contributed by atoms with E-state index in [9.17, 15) is 13.2 Å². The van der Waals surface area contributed by atoms with E-state index in [0.29, 0.717) is 6.54 Å². The van der Waals surface area contributed by atoms with Gasteiger partial charge in [-0.3, -0.25) is 0 Å². The molecule has 1 fully saturated rings. The van der Waals surface area contributed by atoms with Crippen LogP contribution in [0.1, 0.15) is 29.6 Å². The molecule has 0 bridgehead atoms. The summed E-state index contributed by atoms with van der Waals surface area (Å²) in [5, 5.41) is 0. The zero-order valence-electron chi connectivity index (χ0n) is 13.7. The topological polar surface area (TPSA) is 108 Å². The van der Waals surface area contributed by atoms with Gasteiger partial charge in [0.2, 0.25) is 10.0 Å². The molecule has 0 aliphatic heterocycles. The molecule has 2 unspecified atom stereocenters. The van der Waals surface area contributed by atoms with E-state index in [-0.39, 0.29) is 40.6 Å². The number of esters is 1. The van der Waals surface area contributed by atoms with Crippen LogP contribution in [0.2, 0.25) is 0 Å². The number of nitrogens with two attached hydrogens (primary N) is 1. The minimum absolute atomic E-state index is 0. The molecule has 1 aliphatic carbocycles. The zero-order chi connectivity index (χ0) is 17.0. The predicted molar refractivity (Wildman–Crippen MR) is 92.1 cm³/mol. The number of hydrogen-bond acceptors (Lipinski definition) is 6. The van der Waals surface area contributed by atoms with Gasteiger partial charge in [0.15, 0.2) is 0 Å². The highest BCUT2D eigenvalue weighted by Crippen LogP contribution is 2.28. The first kappa shape index (κ1) is 20.7. The molecule has 3 N–H and O–H groups in total. The number of nitrogens with one attached hydrogen (secondary N) is 1. The number of methoxy groups -OCH3 is 2. The van der Waals surface area contributed by atoms with E-state index < -0.39 is 16.0 Å². The highest BCUT2D eigenvalue weighted by atomic mass is 35.5. The molecule has 7 nitrogen and oxygen atoms in total. The van der Waals surface area contributed by atoms with E-state index in [1.54, 1.807) is 0 Å². The Bertz CT molecular complexity index is 680. The smallest absolute Gasteiger partial charge is 0.341 e. The van der Waals surface area contributed by atoms with Gasteiger partial charge in [-0.15, -0.1) is 12.4 Å². The van der Waals surface area contributed by atoms with Gasteiger partial charge in [-0.05, 0) is 43.5 Å². The second-order valence-corrected chi connectivity index (χ2v) is 7.22. The molecule has 24 heavy (non-hydrogen) atoms. The molecule has 0 spiro atoms. The third-order valence-electron chi connectivity index (χ3n) is 4.15. The summed E-state index contributed by atoms with van der Waals surface area (Å²) in [6, 6.07) is 3.93. The Kier molecular flexibility index (Phi) is 7.47. The fraction of sp³-hybridized carbons (Fsp3) is 0.533. The number of sulfonamides is 1. The van der Waals surface area contributed by atoms with Gasteiger partial charge in [-0.1, -0.05) is 6.42 Å². The van der Waals surface area contributed by atoms with E-state index in [1.165, 1.54) is 32.4 Å². The lowest BCUT2D eigenvalue weighted by atomic mass is 10.1. The third kappa shape index (κ3) is 4.38. The van der Waals surface area contributed by atoms with Crippen LogP contribution in [0, 0.1) is 5.92 Å². The van der Waals surface area contributed by atoms with Gasteiger partial charge in [0.25, 0.3) is 0 Å². The molecule has 1 aromatic carbocycles. The molecule has 1 aliphatic rings. The Hall–Kier alpha value is -1.35. The fourth-order valence-electron chi connectivity index (χ4n) is 2.87. The highest BCUT2D eigenvalue weighted by Gasteiger charge is 2.31. The van der Waals surface area contributed by atoms with Crippen molar-refractivity contribution in [3.8, 4) is 5.75 Å². The van der Waals surface area contributed by atoms with Gasteiger partial charge in [0, 0.05) is 6.04 Å². The number of carbonyl (C=O) groups excluding carboxylic acids is 1. The molecule has 0 saturated heterocycles. The van der Waals surface area contributed by atoms with Crippen LogP contribution in [0.15, 0.2) is 23.1 Å². The summed E-state index contributed by atoms with van der Waals surface area (Å²) in [5.74, 6) is -0.251. The first-order valence-electron chi connectivity index (χ1n) is 7.41. The number of ether oxygens (including phenoxy) is 2. The molecule has 0 heterocycles. The van der Waals surface area contributed by atoms with Crippen molar-refractivity contribution in [3.05, 3.63) is 23.8 Å². The van der Waals surface area contributed by atoms with E-state index in [0.717, 1.165) is 19.3 Å². The van der Waals surface area contributed by atoms with Gasteiger partial charge >= 0.3 is 5.97 Å². The molecule has 136 valence electrons. The second kappa shape index (κ2) is 8.66. The maximum Gasteiger partial charge on any atom is 0.341 e.